The van der Waals surface area contributed by atoms with Crippen LogP contribution in [-0.2, 0) is 11.8 Å². The van der Waals surface area contributed by atoms with Crippen LogP contribution in [0.15, 0.2) is 48.5 Å². The first-order chi connectivity index (χ1) is 20.4. The van der Waals surface area contributed by atoms with E-state index in [1.54, 1.807) is 16.8 Å². The minimum absolute atomic E-state index is 0.0774. The number of benzene rings is 2. The van der Waals surface area contributed by atoms with Crippen LogP contribution in [0.3, 0.4) is 0 Å². The summed E-state index contributed by atoms with van der Waals surface area (Å²) >= 11 is 0. The third kappa shape index (κ3) is 5.68. The molecule has 4 aromatic rings. The Morgan fingerprint density at radius 1 is 1.12 bits per heavy atom. The van der Waals surface area contributed by atoms with Crippen molar-refractivity contribution in [3.05, 3.63) is 59.8 Å². The van der Waals surface area contributed by atoms with Crippen molar-refractivity contribution in [2.75, 3.05) is 30.3 Å². The Labute approximate surface area is 245 Å². The third-order valence-electron chi connectivity index (χ3n) is 8.73. The lowest BCUT2D eigenvalue weighted by Crippen LogP contribution is -2.41. The van der Waals surface area contributed by atoms with Crippen molar-refractivity contribution in [1.29, 1.82) is 0 Å². The fourth-order valence-corrected chi connectivity index (χ4v) is 6.14. The van der Waals surface area contributed by atoms with Gasteiger partial charge in [-0.2, -0.15) is 28.2 Å². The monoisotopic (exact) mass is 595 g/mol. The minimum Gasteiger partial charge on any atom is -0.480 e. The number of nitrogen functional groups attached to an aromatic ring is 1. The summed E-state index contributed by atoms with van der Waals surface area (Å²) in [7, 11) is 1.86. The molecule has 0 radical (unpaired) electrons. The van der Waals surface area contributed by atoms with E-state index in [1.165, 1.54) is 18.2 Å². The van der Waals surface area contributed by atoms with Gasteiger partial charge in [-0.3, -0.25) is 9.48 Å². The Hall–Kier alpha value is -4.39. The Bertz CT molecular complexity index is 1660. The van der Waals surface area contributed by atoms with Gasteiger partial charge in [-0.1, -0.05) is 36.4 Å². The summed E-state index contributed by atoms with van der Waals surface area (Å²) in [4.78, 5) is 21.5. The normalized spacial score (nSPS) is 19.2. The number of nitrogens with two attached hydrogens (primary N) is 1. The van der Waals surface area contributed by atoms with E-state index in [-0.39, 0.29) is 22.8 Å². The number of nitrogens with zero attached hydrogens (tertiary/aromatic N) is 5. The molecule has 0 bridgehead atoms. The molecule has 13 heteroatoms. The quantitative estimate of drug-likeness (QED) is 0.292. The van der Waals surface area contributed by atoms with Crippen LogP contribution in [-0.4, -0.2) is 62.7 Å². The number of piperidine rings is 1. The number of fused-ring (bicyclic) bond motifs is 1. The number of carbonyl (C=O) groups is 1. The second-order valence-electron chi connectivity index (χ2n) is 11.5. The lowest BCUT2D eigenvalue weighted by atomic mass is 9.76. The number of nitrogens with one attached hydrogen (secondary N) is 1. The number of aryl methyl sites for hydroxylation is 2. The van der Waals surface area contributed by atoms with Gasteiger partial charge in [-0.15, -0.1) is 0 Å². The van der Waals surface area contributed by atoms with Gasteiger partial charge in [0.25, 0.3) is 0 Å². The summed E-state index contributed by atoms with van der Waals surface area (Å²) in [5, 5.41) is 17.9. The number of anilines is 2. The first kappa shape index (κ1) is 28.7. The molecule has 1 spiro atoms. The zero-order valence-electron chi connectivity index (χ0n) is 23.7. The molecule has 4 N–H and O–H groups in total. The van der Waals surface area contributed by atoms with Gasteiger partial charge in [0.2, 0.25) is 17.9 Å². The Balaban J connectivity index is 1.19. The van der Waals surface area contributed by atoms with Crippen LogP contribution in [0, 0.1) is 12.3 Å². The van der Waals surface area contributed by atoms with Gasteiger partial charge in [0.1, 0.15) is 11.9 Å². The predicted molar refractivity (Wildman–Crippen MR) is 155 cm³/mol. The van der Waals surface area contributed by atoms with Crippen LogP contribution in [0.1, 0.15) is 36.6 Å². The van der Waals surface area contributed by atoms with Crippen LogP contribution >= 0.6 is 0 Å². The molecule has 4 heterocycles. The first-order valence-corrected chi connectivity index (χ1v) is 14.0. The number of rotatable bonds is 6. The average Bonchev–Trinajstić information content (AvgIpc) is 3.51. The SMILES string of the molecule is Cc1c2ccc(-c3ccc([C@@H](Oc4cc(N5CCC6(CC5)CNC(C(=O)O)C6)nc(N)n4)C(F)(F)F)cc3)cc2nn1C. The van der Waals surface area contributed by atoms with Gasteiger partial charge in [0, 0.05) is 49.4 Å². The van der Waals surface area contributed by atoms with Gasteiger partial charge in [-0.25, -0.2) is 0 Å². The summed E-state index contributed by atoms with van der Waals surface area (Å²) in [5.74, 6) is -0.967. The summed E-state index contributed by atoms with van der Waals surface area (Å²) in [6.45, 7) is 3.69. The van der Waals surface area contributed by atoms with Gasteiger partial charge >= 0.3 is 12.1 Å². The van der Waals surface area contributed by atoms with E-state index in [2.05, 4.69) is 20.4 Å². The van der Waals surface area contributed by atoms with E-state index in [0.29, 0.717) is 44.7 Å². The van der Waals surface area contributed by atoms with Crippen LogP contribution in [0.4, 0.5) is 24.9 Å². The van der Waals surface area contributed by atoms with Gasteiger partial charge in [0.15, 0.2) is 0 Å². The highest BCUT2D eigenvalue weighted by molar-refractivity contribution is 5.86. The first-order valence-electron chi connectivity index (χ1n) is 14.0. The van der Waals surface area contributed by atoms with Crippen molar-refractivity contribution in [3.63, 3.8) is 0 Å². The molecule has 2 aromatic heterocycles. The van der Waals surface area contributed by atoms with E-state index in [4.69, 9.17) is 10.5 Å². The minimum atomic E-state index is -4.72. The topological polar surface area (TPSA) is 131 Å². The molecule has 0 aliphatic carbocycles. The van der Waals surface area contributed by atoms with E-state index in [1.807, 2.05) is 37.1 Å². The number of alkyl halides is 3. The number of ether oxygens (including phenoxy) is 1. The number of hydrogen-bond acceptors (Lipinski definition) is 8. The summed E-state index contributed by atoms with van der Waals surface area (Å²) in [6, 6.07) is 12.7. The second-order valence-corrected chi connectivity index (χ2v) is 11.5. The molecule has 2 aromatic carbocycles. The molecular formula is C30H32F3N7O3. The van der Waals surface area contributed by atoms with Crippen molar-refractivity contribution in [2.45, 2.75) is 44.5 Å². The Morgan fingerprint density at radius 2 is 1.81 bits per heavy atom. The van der Waals surface area contributed by atoms with Crippen LogP contribution in [0.25, 0.3) is 22.0 Å². The highest BCUT2D eigenvalue weighted by Gasteiger charge is 2.45. The molecule has 2 saturated heterocycles. The van der Waals surface area contributed by atoms with Crippen LogP contribution in [0.2, 0.25) is 0 Å². The highest BCUT2D eigenvalue weighted by atomic mass is 19.4. The zero-order valence-corrected chi connectivity index (χ0v) is 23.7. The van der Waals surface area contributed by atoms with E-state index < -0.39 is 24.3 Å². The van der Waals surface area contributed by atoms with Gasteiger partial charge < -0.3 is 25.8 Å². The maximum absolute atomic E-state index is 14.3. The molecular weight excluding hydrogens is 563 g/mol. The standard InChI is InChI=1S/C30H32F3N7O3/c1-17-21-8-7-20(13-22(21)38-39(17)2)18-3-5-19(6-4-18)26(30(31,32)33)43-25-14-24(36-28(34)37-25)40-11-9-29(10-12-40)15-23(27(41)42)35-16-29/h3-8,13-14,23,26,35H,9-12,15-16H2,1-2H3,(H,41,42)(H2,34,36,37)/t23?,26-/m1/s1. The van der Waals surface area contributed by atoms with Gasteiger partial charge in [-0.05, 0) is 48.8 Å². The van der Waals surface area contributed by atoms with E-state index in [9.17, 15) is 23.1 Å². The number of aromatic nitrogens is 4. The maximum atomic E-state index is 14.3. The average molecular weight is 596 g/mol. The smallest absolute Gasteiger partial charge is 0.429 e. The van der Waals surface area contributed by atoms with E-state index in [0.717, 1.165) is 27.7 Å². The fourth-order valence-electron chi connectivity index (χ4n) is 6.14. The third-order valence-corrected chi connectivity index (χ3v) is 8.73. The predicted octanol–water partition coefficient (Wildman–Crippen LogP) is 4.64. The number of halogens is 3. The molecule has 1 unspecified atom stereocenters. The molecule has 226 valence electrons. The number of hydrogen-bond donors (Lipinski definition) is 3. The lowest BCUT2D eigenvalue weighted by Gasteiger charge is -2.39. The van der Waals surface area contributed by atoms with Crippen molar-refractivity contribution in [3.8, 4) is 17.0 Å². The lowest BCUT2D eigenvalue weighted by molar-refractivity contribution is -0.198. The Morgan fingerprint density at radius 3 is 2.47 bits per heavy atom. The number of carboxylic acid groups (broad SMARTS) is 1. The molecule has 0 amide bonds. The Kier molecular flexibility index (Phi) is 7.15. The number of carboxylic acids is 1. The van der Waals surface area contributed by atoms with Crippen LogP contribution < -0.4 is 20.7 Å². The van der Waals surface area contributed by atoms with Gasteiger partial charge in [0.05, 0.1) is 5.52 Å². The highest BCUT2D eigenvalue weighted by Crippen LogP contribution is 2.41. The van der Waals surface area contributed by atoms with Crippen molar-refractivity contribution < 1.29 is 27.8 Å². The van der Waals surface area contributed by atoms with Crippen molar-refractivity contribution in [1.82, 2.24) is 25.1 Å². The molecule has 2 fully saturated rings. The van der Waals surface area contributed by atoms with E-state index >= 15 is 0 Å². The zero-order chi connectivity index (χ0) is 30.5. The summed E-state index contributed by atoms with van der Waals surface area (Å²) in [5.41, 5.74) is 9.11. The second kappa shape index (κ2) is 10.7. The van der Waals surface area contributed by atoms with Crippen molar-refractivity contribution >= 4 is 28.6 Å². The molecule has 6 rings (SSSR count). The molecule has 2 aliphatic heterocycles. The maximum Gasteiger partial charge on any atom is 0.429 e. The largest absolute Gasteiger partial charge is 0.480 e. The fraction of sp³-hybridized carbons (Fsp3) is 0.400. The summed E-state index contributed by atoms with van der Waals surface area (Å²) < 4.78 is 50.1. The van der Waals surface area contributed by atoms with Crippen molar-refractivity contribution in [2.24, 2.45) is 12.5 Å². The molecule has 10 nitrogen and oxygen atoms in total. The molecule has 2 aliphatic rings. The molecule has 0 saturated carbocycles. The van der Waals surface area contributed by atoms with Crippen LogP contribution in [0.5, 0.6) is 5.88 Å². The summed E-state index contributed by atoms with van der Waals surface area (Å²) in [6.07, 6.45) is -5.02. The molecule has 43 heavy (non-hydrogen) atoms. The number of aliphatic carboxylic acids is 1. The molecule has 2 atom stereocenters.